The summed E-state index contributed by atoms with van der Waals surface area (Å²) in [6, 6.07) is 4.85. The van der Waals surface area contributed by atoms with Gasteiger partial charge in [-0.2, -0.15) is 0 Å². The predicted octanol–water partition coefficient (Wildman–Crippen LogP) is 3.50. The van der Waals surface area contributed by atoms with Gasteiger partial charge in [0.15, 0.2) is 0 Å². The van der Waals surface area contributed by atoms with Crippen molar-refractivity contribution in [3.8, 4) is 11.5 Å². The minimum Gasteiger partial charge on any atom is -0.421 e. The molecule has 4 nitrogen and oxygen atoms in total. The van der Waals surface area contributed by atoms with E-state index >= 15 is 0 Å². The van der Waals surface area contributed by atoms with Crippen LogP contribution in [0.4, 0.5) is 4.39 Å². The molecule has 2 rings (SSSR count). The number of hydrogen-bond acceptors (Lipinski definition) is 4. The Bertz CT molecular complexity index is 602. The number of halogens is 1. The summed E-state index contributed by atoms with van der Waals surface area (Å²) in [7, 11) is 0. The highest BCUT2D eigenvalue weighted by molar-refractivity contribution is 5.54. The lowest BCUT2D eigenvalue weighted by Crippen LogP contribution is -2.36. The van der Waals surface area contributed by atoms with Crippen molar-refractivity contribution in [1.82, 2.24) is 15.5 Å². The molecule has 0 atom stereocenters. The minimum absolute atomic E-state index is 0.102. The molecule has 0 aliphatic rings. The van der Waals surface area contributed by atoms with E-state index in [0.717, 1.165) is 18.5 Å². The van der Waals surface area contributed by atoms with Crippen LogP contribution in [-0.2, 0) is 6.42 Å². The SMILES string of the molecule is Cc1ccc(F)c(-c2nnc(CCCNC(C)(C)C)o2)c1. The molecule has 0 amide bonds. The summed E-state index contributed by atoms with van der Waals surface area (Å²) in [6.07, 6.45) is 1.58. The smallest absolute Gasteiger partial charge is 0.250 e. The third-order valence-electron chi connectivity index (χ3n) is 3.04. The maximum Gasteiger partial charge on any atom is 0.250 e. The van der Waals surface area contributed by atoms with Crippen molar-refractivity contribution in [3.63, 3.8) is 0 Å². The number of aromatic nitrogens is 2. The molecular formula is C16H22FN3O. The van der Waals surface area contributed by atoms with Gasteiger partial charge in [-0.1, -0.05) is 11.6 Å². The quantitative estimate of drug-likeness (QED) is 0.857. The van der Waals surface area contributed by atoms with Crippen LogP contribution in [0.2, 0.25) is 0 Å². The normalized spacial score (nSPS) is 11.9. The molecule has 1 aromatic heterocycles. The van der Waals surface area contributed by atoms with E-state index in [4.69, 9.17) is 4.42 Å². The lowest BCUT2D eigenvalue weighted by atomic mass is 10.1. The van der Waals surface area contributed by atoms with Gasteiger partial charge < -0.3 is 9.73 Å². The van der Waals surface area contributed by atoms with Crippen LogP contribution < -0.4 is 5.32 Å². The zero-order valence-electron chi connectivity index (χ0n) is 13.0. The molecule has 0 aliphatic carbocycles. The molecule has 1 N–H and O–H groups in total. The molecule has 1 aromatic carbocycles. The van der Waals surface area contributed by atoms with Crippen LogP contribution in [0.3, 0.4) is 0 Å². The molecule has 0 fully saturated rings. The van der Waals surface area contributed by atoms with Gasteiger partial charge in [0.05, 0.1) is 5.56 Å². The third-order valence-corrected chi connectivity index (χ3v) is 3.04. The van der Waals surface area contributed by atoms with Crippen molar-refractivity contribution in [2.24, 2.45) is 0 Å². The van der Waals surface area contributed by atoms with Gasteiger partial charge in [0.2, 0.25) is 5.89 Å². The van der Waals surface area contributed by atoms with Gasteiger partial charge in [0, 0.05) is 12.0 Å². The molecule has 1 heterocycles. The molecule has 5 heteroatoms. The van der Waals surface area contributed by atoms with Crippen LogP contribution in [0.25, 0.3) is 11.5 Å². The average Bonchev–Trinajstić information content (AvgIpc) is 2.85. The zero-order chi connectivity index (χ0) is 15.5. The first-order chi connectivity index (χ1) is 9.85. The van der Waals surface area contributed by atoms with Gasteiger partial charge in [-0.3, -0.25) is 0 Å². The van der Waals surface area contributed by atoms with Gasteiger partial charge in [0.1, 0.15) is 5.82 Å². The van der Waals surface area contributed by atoms with Crippen molar-refractivity contribution >= 4 is 0 Å². The number of nitrogens with one attached hydrogen (secondary N) is 1. The molecule has 2 aromatic rings. The fourth-order valence-electron chi connectivity index (χ4n) is 1.97. The lowest BCUT2D eigenvalue weighted by Gasteiger charge is -2.19. The van der Waals surface area contributed by atoms with E-state index < -0.39 is 0 Å². The van der Waals surface area contributed by atoms with Crippen LogP contribution in [0, 0.1) is 12.7 Å². The predicted molar refractivity (Wildman–Crippen MR) is 80.5 cm³/mol. The number of rotatable bonds is 5. The average molecular weight is 291 g/mol. The summed E-state index contributed by atoms with van der Waals surface area (Å²) in [5, 5.41) is 11.3. The number of aryl methyl sites for hydroxylation is 2. The highest BCUT2D eigenvalue weighted by Gasteiger charge is 2.13. The monoisotopic (exact) mass is 291 g/mol. The summed E-state index contributed by atoms with van der Waals surface area (Å²) in [4.78, 5) is 0. The van der Waals surface area contributed by atoms with Gasteiger partial charge in [0.25, 0.3) is 5.89 Å². The minimum atomic E-state index is -0.342. The number of hydrogen-bond donors (Lipinski definition) is 1. The number of nitrogens with zero attached hydrogens (tertiary/aromatic N) is 2. The van der Waals surface area contributed by atoms with Gasteiger partial charge >= 0.3 is 0 Å². The van der Waals surface area contributed by atoms with Crippen molar-refractivity contribution in [1.29, 1.82) is 0 Å². The standard InChI is InChI=1S/C16H22FN3O/c1-11-7-8-13(17)12(10-11)15-20-19-14(21-15)6-5-9-18-16(2,3)4/h7-8,10,18H,5-6,9H2,1-4H3. The second kappa shape index (κ2) is 6.35. The Hall–Kier alpha value is -1.75. The van der Waals surface area contributed by atoms with Gasteiger partial charge in [-0.05, 0) is 52.8 Å². The van der Waals surface area contributed by atoms with Crippen LogP contribution in [-0.4, -0.2) is 22.3 Å². The van der Waals surface area contributed by atoms with E-state index in [-0.39, 0.29) is 17.2 Å². The molecule has 21 heavy (non-hydrogen) atoms. The van der Waals surface area contributed by atoms with Gasteiger partial charge in [-0.25, -0.2) is 4.39 Å². The van der Waals surface area contributed by atoms with Gasteiger partial charge in [-0.15, -0.1) is 10.2 Å². The first kappa shape index (κ1) is 15.6. The van der Waals surface area contributed by atoms with Crippen LogP contribution in [0.1, 0.15) is 38.6 Å². The topological polar surface area (TPSA) is 51.0 Å². The van der Waals surface area contributed by atoms with E-state index in [1.807, 2.05) is 6.92 Å². The maximum absolute atomic E-state index is 13.8. The lowest BCUT2D eigenvalue weighted by molar-refractivity contribution is 0.412. The molecule has 0 radical (unpaired) electrons. The Morgan fingerprint density at radius 1 is 1.24 bits per heavy atom. The van der Waals surface area contributed by atoms with E-state index in [1.54, 1.807) is 12.1 Å². The van der Waals surface area contributed by atoms with Crippen LogP contribution in [0.5, 0.6) is 0 Å². The van der Waals surface area contributed by atoms with E-state index in [1.165, 1.54) is 6.07 Å². The summed E-state index contributed by atoms with van der Waals surface area (Å²) >= 11 is 0. The Morgan fingerprint density at radius 2 is 2.00 bits per heavy atom. The molecular weight excluding hydrogens is 269 g/mol. The molecule has 0 spiro atoms. The Labute approximate surface area is 124 Å². The maximum atomic E-state index is 13.8. The second-order valence-corrected chi connectivity index (χ2v) is 6.26. The Morgan fingerprint density at radius 3 is 2.71 bits per heavy atom. The van der Waals surface area contributed by atoms with Crippen molar-refractivity contribution in [3.05, 3.63) is 35.5 Å². The van der Waals surface area contributed by atoms with Crippen molar-refractivity contribution < 1.29 is 8.81 Å². The highest BCUT2D eigenvalue weighted by Crippen LogP contribution is 2.22. The molecule has 0 saturated heterocycles. The summed E-state index contributed by atoms with van der Waals surface area (Å²) in [6.45, 7) is 9.15. The largest absolute Gasteiger partial charge is 0.421 e. The summed E-state index contributed by atoms with van der Waals surface area (Å²) in [5.74, 6) is 0.446. The fourth-order valence-corrected chi connectivity index (χ4v) is 1.97. The zero-order valence-corrected chi connectivity index (χ0v) is 13.0. The third kappa shape index (κ3) is 4.63. The van der Waals surface area contributed by atoms with Crippen molar-refractivity contribution in [2.45, 2.75) is 46.1 Å². The van der Waals surface area contributed by atoms with Crippen LogP contribution >= 0.6 is 0 Å². The molecule has 0 aliphatic heterocycles. The van der Waals surface area contributed by atoms with E-state index in [2.05, 4.69) is 36.3 Å². The van der Waals surface area contributed by atoms with E-state index in [0.29, 0.717) is 17.9 Å². The summed E-state index contributed by atoms with van der Waals surface area (Å²) < 4.78 is 19.3. The molecule has 0 unspecified atom stereocenters. The van der Waals surface area contributed by atoms with E-state index in [9.17, 15) is 4.39 Å². The Balaban J connectivity index is 1.97. The molecule has 0 bridgehead atoms. The number of benzene rings is 1. The first-order valence-electron chi connectivity index (χ1n) is 7.19. The second-order valence-electron chi connectivity index (χ2n) is 6.26. The first-order valence-corrected chi connectivity index (χ1v) is 7.19. The van der Waals surface area contributed by atoms with Crippen molar-refractivity contribution in [2.75, 3.05) is 6.54 Å². The summed E-state index contributed by atoms with van der Waals surface area (Å²) in [5.41, 5.74) is 1.42. The fraction of sp³-hybridized carbons (Fsp3) is 0.500. The molecule has 0 saturated carbocycles. The Kier molecular flexibility index (Phi) is 4.73. The highest BCUT2D eigenvalue weighted by atomic mass is 19.1. The van der Waals surface area contributed by atoms with Crippen LogP contribution in [0.15, 0.2) is 22.6 Å². The molecule has 114 valence electrons.